The number of carbonyl (C=O) groups excluding carboxylic acids is 2. The highest BCUT2D eigenvalue weighted by Gasteiger charge is 2.33. The van der Waals surface area contributed by atoms with Gasteiger partial charge in [0.05, 0.1) is 17.0 Å². The molecule has 0 N–H and O–H groups in total. The largest absolute Gasteiger partial charge is 0.454 e. The first-order chi connectivity index (χ1) is 14.3. The van der Waals surface area contributed by atoms with Crippen molar-refractivity contribution < 1.29 is 32.2 Å². The zero-order valence-corrected chi connectivity index (χ0v) is 15.3. The Morgan fingerprint density at radius 2 is 1.27 bits per heavy atom. The SMILES string of the molecule is O=C(OCc1ccccn1)c1cc(C(F)(F)F)cc(C(=O)OCc2ccccn2)n1. The molecule has 3 aromatic rings. The van der Waals surface area contributed by atoms with Gasteiger partial charge < -0.3 is 9.47 Å². The molecule has 0 aliphatic heterocycles. The molecule has 10 heteroatoms. The number of ether oxygens (including phenoxy) is 2. The van der Waals surface area contributed by atoms with Gasteiger partial charge in [-0.25, -0.2) is 14.6 Å². The van der Waals surface area contributed by atoms with Gasteiger partial charge in [0.1, 0.15) is 24.6 Å². The van der Waals surface area contributed by atoms with Crippen LogP contribution in [0.25, 0.3) is 0 Å². The van der Waals surface area contributed by atoms with Crippen LogP contribution in [0.4, 0.5) is 13.2 Å². The molecule has 0 atom stereocenters. The third-order valence-corrected chi connectivity index (χ3v) is 3.73. The van der Waals surface area contributed by atoms with E-state index in [1.165, 1.54) is 12.4 Å². The highest BCUT2D eigenvalue weighted by molar-refractivity contribution is 5.92. The summed E-state index contributed by atoms with van der Waals surface area (Å²) in [6.45, 7) is -0.534. The summed E-state index contributed by atoms with van der Waals surface area (Å²) in [4.78, 5) is 36.0. The molecule has 7 nitrogen and oxygen atoms in total. The van der Waals surface area contributed by atoms with Crippen LogP contribution in [0.2, 0.25) is 0 Å². The summed E-state index contributed by atoms with van der Waals surface area (Å²) in [6.07, 6.45) is -1.86. The highest BCUT2D eigenvalue weighted by atomic mass is 19.4. The Kier molecular flexibility index (Phi) is 6.35. The third kappa shape index (κ3) is 5.60. The van der Waals surface area contributed by atoms with Gasteiger partial charge in [-0.2, -0.15) is 13.2 Å². The van der Waals surface area contributed by atoms with E-state index in [1.54, 1.807) is 36.4 Å². The average molecular weight is 417 g/mol. The number of aromatic nitrogens is 3. The normalized spacial score (nSPS) is 11.0. The first-order valence-corrected chi connectivity index (χ1v) is 8.56. The second-order valence-electron chi connectivity index (χ2n) is 5.92. The van der Waals surface area contributed by atoms with Crippen LogP contribution in [0.1, 0.15) is 37.9 Å². The smallest absolute Gasteiger partial charge is 0.416 e. The predicted molar refractivity (Wildman–Crippen MR) is 96.0 cm³/mol. The van der Waals surface area contributed by atoms with Crippen LogP contribution in [0.3, 0.4) is 0 Å². The first kappa shape index (κ1) is 20.9. The number of hydrogen-bond acceptors (Lipinski definition) is 7. The molecule has 154 valence electrons. The molecule has 0 fully saturated rings. The van der Waals surface area contributed by atoms with Crippen LogP contribution >= 0.6 is 0 Å². The molecule has 3 heterocycles. The zero-order chi connectivity index (χ0) is 21.6. The van der Waals surface area contributed by atoms with Gasteiger partial charge in [0.25, 0.3) is 0 Å². The van der Waals surface area contributed by atoms with Crippen LogP contribution in [0.15, 0.2) is 60.9 Å². The molecule has 0 amide bonds. The number of hydrogen-bond donors (Lipinski definition) is 0. The predicted octanol–water partition coefficient (Wildman–Crippen LogP) is 3.60. The quantitative estimate of drug-likeness (QED) is 0.566. The number of esters is 2. The van der Waals surface area contributed by atoms with Crippen molar-refractivity contribution in [3.8, 4) is 0 Å². The molecule has 0 radical (unpaired) electrons. The highest BCUT2D eigenvalue weighted by Crippen LogP contribution is 2.30. The van der Waals surface area contributed by atoms with Crippen molar-refractivity contribution >= 4 is 11.9 Å². The van der Waals surface area contributed by atoms with Crippen LogP contribution in [0.5, 0.6) is 0 Å². The molecular weight excluding hydrogens is 403 g/mol. The van der Waals surface area contributed by atoms with Crippen LogP contribution in [0, 0.1) is 0 Å². The van der Waals surface area contributed by atoms with Gasteiger partial charge in [0, 0.05) is 12.4 Å². The number of alkyl halides is 3. The van der Waals surface area contributed by atoms with Crippen molar-refractivity contribution in [2.75, 3.05) is 0 Å². The Labute approximate surface area is 168 Å². The van der Waals surface area contributed by atoms with Crippen molar-refractivity contribution in [1.82, 2.24) is 15.0 Å². The number of carbonyl (C=O) groups is 2. The van der Waals surface area contributed by atoms with Gasteiger partial charge in [-0.3, -0.25) is 9.97 Å². The van der Waals surface area contributed by atoms with Crippen molar-refractivity contribution in [1.29, 1.82) is 0 Å². The monoisotopic (exact) mass is 417 g/mol. The topological polar surface area (TPSA) is 91.3 Å². The van der Waals surface area contributed by atoms with Gasteiger partial charge in [0.2, 0.25) is 0 Å². The average Bonchev–Trinajstić information content (AvgIpc) is 2.76. The molecule has 0 aliphatic rings. The van der Waals surface area contributed by atoms with Crippen LogP contribution < -0.4 is 0 Å². The molecule has 0 aromatic carbocycles. The maximum absolute atomic E-state index is 13.2. The molecule has 0 aliphatic carbocycles. The summed E-state index contributed by atoms with van der Waals surface area (Å²) in [7, 11) is 0. The molecule has 0 saturated heterocycles. The number of halogens is 3. The molecule has 3 rings (SSSR count). The van der Waals surface area contributed by atoms with E-state index < -0.39 is 35.1 Å². The second kappa shape index (κ2) is 9.12. The summed E-state index contributed by atoms with van der Waals surface area (Å²) in [5.41, 5.74) is -1.79. The van der Waals surface area contributed by atoms with Crippen molar-refractivity contribution in [2.24, 2.45) is 0 Å². The van der Waals surface area contributed by atoms with Gasteiger partial charge in [-0.1, -0.05) is 12.1 Å². The maximum Gasteiger partial charge on any atom is 0.416 e. The summed E-state index contributed by atoms with van der Waals surface area (Å²) in [5.74, 6) is -2.27. The fourth-order valence-corrected chi connectivity index (χ4v) is 2.30. The Hall–Kier alpha value is -3.82. The lowest BCUT2D eigenvalue weighted by Gasteiger charge is -2.11. The Morgan fingerprint density at radius 1 is 0.800 bits per heavy atom. The van der Waals surface area contributed by atoms with Gasteiger partial charge in [-0.05, 0) is 36.4 Å². The number of pyridine rings is 3. The van der Waals surface area contributed by atoms with E-state index in [-0.39, 0.29) is 13.2 Å². The third-order valence-electron chi connectivity index (χ3n) is 3.73. The fourth-order valence-electron chi connectivity index (χ4n) is 2.30. The van der Waals surface area contributed by atoms with Crippen LogP contribution in [-0.2, 0) is 28.9 Å². The van der Waals surface area contributed by atoms with E-state index >= 15 is 0 Å². The van der Waals surface area contributed by atoms with Gasteiger partial charge in [0.15, 0.2) is 0 Å². The zero-order valence-electron chi connectivity index (χ0n) is 15.3. The van der Waals surface area contributed by atoms with E-state index in [0.717, 1.165) is 0 Å². The lowest BCUT2D eigenvalue weighted by molar-refractivity contribution is -0.137. The van der Waals surface area contributed by atoms with E-state index in [9.17, 15) is 22.8 Å². The molecular formula is C20H14F3N3O4. The lowest BCUT2D eigenvalue weighted by Crippen LogP contribution is -2.17. The summed E-state index contributed by atoms with van der Waals surface area (Å²) in [6, 6.07) is 10.8. The Bertz CT molecular complexity index is 955. The van der Waals surface area contributed by atoms with Gasteiger partial charge >= 0.3 is 18.1 Å². The number of nitrogens with zero attached hydrogens (tertiary/aromatic N) is 3. The fraction of sp³-hybridized carbons (Fsp3) is 0.150. The lowest BCUT2D eigenvalue weighted by atomic mass is 10.1. The van der Waals surface area contributed by atoms with E-state index in [2.05, 4.69) is 15.0 Å². The summed E-state index contributed by atoms with van der Waals surface area (Å²) >= 11 is 0. The van der Waals surface area contributed by atoms with Crippen molar-refractivity contribution in [2.45, 2.75) is 19.4 Å². The maximum atomic E-state index is 13.2. The van der Waals surface area contributed by atoms with Gasteiger partial charge in [-0.15, -0.1) is 0 Å². The van der Waals surface area contributed by atoms with E-state index in [0.29, 0.717) is 23.5 Å². The van der Waals surface area contributed by atoms with Crippen molar-refractivity contribution in [3.05, 3.63) is 89.3 Å². The first-order valence-electron chi connectivity index (χ1n) is 8.56. The summed E-state index contributed by atoms with van der Waals surface area (Å²) in [5, 5.41) is 0. The Morgan fingerprint density at radius 3 is 1.63 bits per heavy atom. The Balaban J connectivity index is 1.79. The molecule has 3 aromatic heterocycles. The van der Waals surface area contributed by atoms with E-state index in [1.807, 2.05) is 0 Å². The van der Waals surface area contributed by atoms with Crippen molar-refractivity contribution in [3.63, 3.8) is 0 Å². The molecule has 0 bridgehead atoms. The number of rotatable bonds is 6. The second-order valence-corrected chi connectivity index (χ2v) is 5.92. The van der Waals surface area contributed by atoms with E-state index in [4.69, 9.17) is 9.47 Å². The summed E-state index contributed by atoms with van der Waals surface area (Å²) < 4.78 is 49.6. The molecule has 0 unspecified atom stereocenters. The molecule has 0 saturated carbocycles. The van der Waals surface area contributed by atoms with Crippen LogP contribution in [-0.4, -0.2) is 26.9 Å². The minimum atomic E-state index is -4.81. The minimum Gasteiger partial charge on any atom is -0.454 e. The minimum absolute atomic E-state index is 0.267. The standard InChI is InChI=1S/C20H14F3N3O4/c21-20(22,23)13-9-16(18(27)29-11-14-5-1-3-7-24-14)26-17(10-13)19(28)30-12-15-6-2-4-8-25-15/h1-10H,11-12H2. The molecule has 0 spiro atoms. The molecule has 30 heavy (non-hydrogen) atoms.